The van der Waals surface area contributed by atoms with E-state index in [4.69, 9.17) is 0 Å². The largest absolute Gasteiger partial charge is 0.355 e. The van der Waals surface area contributed by atoms with Gasteiger partial charge in [0.15, 0.2) is 0 Å². The van der Waals surface area contributed by atoms with E-state index in [2.05, 4.69) is 46.3 Å². The number of hydrogen-bond donors (Lipinski definition) is 1. The predicted octanol–water partition coefficient (Wildman–Crippen LogP) is 4.26. The summed E-state index contributed by atoms with van der Waals surface area (Å²) in [5.74, 6) is 0.543. The molecule has 0 aliphatic heterocycles. The monoisotopic (exact) mass is 344 g/mol. The van der Waals surface area contributed by atoms with Gasteiger partial charge in [0.05, 0.1) is 6.42 Å². The number of fused-ring (bicyclic) bond motifs is 1. The Morgan fingerprint density at radius 1 is 1.00 bits per heavy atom. The van der Waals surface area contributed by atoms with Crippen LogP contribution in [-0.4, -0.2) is 17.0 Å². The molecule has 0 radical (unpaired) electrons. The molecule has 0 spiro atoms. The zero-order valence-corrected chi connectivity index (χ0v) is 14.9. The third-order valence-electron chi connectivity index (χ3n) is 5.24. The molecule has 0 bridgehead atoms. The number of nitrogens with one attached hydrogen (secondary N) is 1. The Kier molecular flexibility index (Phi) is 4.87. The smallest absolute Gasteiger partial charge is 0.224 e. The lowest BCUT2D eigenvalue weighted by Crippen LogP contribution is -2.31. The second kappa shape index (κ2) is 7.61. The standard InChI is InChI=1S/C23H24N2O/c26-23(16-18-10-12-21(13-11-18)25-14-3-4-15-25)24-17-20-8-5-7-19-6-1-2-9-22(19)20/h1-4,6,9-15,20H,5,7-8,16-17H2,(H,24,26). The zero-order valence-electron chi connectivity index (χ0n) is 14.9. The van der Waals surface area contributed by atoms with Gasteiger partial charge in [-0.25, -0.2) is 0 Å². The first-order valence-corrected chi connectivity index (χ1v) is 9.36. The van der Waals surface area contributed by atoms with Gasteiger partial charge in [-0.05, 0) is 60.2 Å². The minimum Gasteiger partial charge on any atom is -0.355 e. The van der Waals surface area contributed by atoms with Crippen molar-refractivity contribution in [1.29, 1.82) is 0 Å². The summed E-state index contributed by atoms with van der Waals surface area (Å²) >= 11 is 0. The van der Waals surface area contributed by atoms with Crippen molar-refractivity contribution in [2.24, 2.45) is 0 Å². The molecular formula is C23H24N2O. The van der Waals surface area contributed by atoms with Gasteiger partial charge in [-0.1, -0.05) is 36.4 Å². The number of aryl methyl sites for hydroxylation is 1. The molecule has 1 amide bonds. The van der Waals surface area contributed by atoms with Crippen molar-refractivity contribution in [3.63, 3.8) is 0 Å². The van der Waals surface area contributed by atoms with Gasteiger partial charge in [-0.3, -0.25) is 4.79 Å². The maximum atomic E-state index is 12.4. The molecule has 0 saturated heterocycles. The molecule has 1 atom stereocenters. The fourth-order valence-corrected chi connectivity index (χ4v) is 3.84. The molecule has 3 aromatic rings. The van der Waals surface area contributed by atoms with Crippen molar-refractivity contribution in [2.75, 3.05) is 6.54 Å². The van der Waals surface area contributed by atoms with Crippen molar-refractivity contribution in [3.05, 3.63) is 89.7 Å². The van der Waals surface area contributed by atoms with Crippen LogP contribution in [0.5, 0.6) is 0 Å². The summed E-state index contributed by atoms with van der Waals surface area (Å²) in [5.41, 5.74) is 5.01. The molecule has 1 unspecified atom stereocenters. The van der Waals surface area contributed by atoms with E-state index in [1.165, 1.54) is 17.5 Å². The van der Waals surface area contributed by atoms with Gasteiger partial charge < -0.3 is 9.88 Å². The van der Waals surface area contributed by atoms with Crippen LogP contribution >= 0.6 is 0 Å². The van der Waals surface area contributed by atoms with Gasteiger partial charge in [0.1, 0.15) is 0 Å². The lowest BCUT2D eigenvalue weighted by Gasteiger charge is -2.25. The molecule has 1 aliphatic carbocycles. The molecule has 132 valence electrons. The summed E-state index contributed by atoms with van der Waals surface area (Å²) in [6, 6.07) is 20.8. The molecule has 0 fully saturated rings. The molecule has 1 heterocycles. The van der Waals surface area contributed by atoms with E-state index in [1.807, 2.05) is 36.7 Å². The van der Waals surface area contributed by atoms with Crippen LogP contribution < -0.4 is 5.32 Å². The highest BCUT2D eigenvalue weighted by molar-refractivity contribution is 5.78. The van der Waals surface area contributed by atoms with Crippen LogP contribution in [0.4, 0.5) is 0 Å². The molecule has 3 heteroatoms. The first kappa shape index (κ1) is 16.6. The SMILES string of the molecule is O=C(Cc1ccc(-n2cccc2)cc1)NCC1CCCc2ccccc21. The van der Waals surface area contributed by atoms with Crippen LogP contribution in [0, 0.1) is 0 Å². The summed E-state index contributed by atoms with van der Waals surface area (Å²) in [6.07, 6.45) is 7.99. The maximum Gasteiger partial charge on any atom is 0.224 e. The van der Waals surface area contributed by atoms with Crippen molar-refractivity contribution in [1.82, 2.24) is 9.88 Å². The quantitative estimate of drug-likeness (QED) is 0.737. The highest BCUT2D eigenvalue weighted by Crippen LogP contribution is 2.30. The molecule has 1 N–H and O–H groups in total. The van der Waals surface area contributed by atoms with E-state index >= 15 is 0 Å². The Balaban J connectivity index is 1.33. The molecule has 1 aliphatic rings. The normalized spacial score (nSPS) is 16.1. The van der Waals surface area contributed by atoms with Gasteiger partial charge in [0.25, 0.3) is 0 Å². The summed E-state index contributed by atoms with van der Waals surface area (Å²) in [6.45, 7) is 0.733. The van der Waals surface area contributed by atoms with E-state index in [0.29, 0.717) is 12.3 Å². The second-order valence-corrected chi connectivity index (χ2v) is 7.03. The fraction of sp³-hybridized carbons (Fsp3) is 0.261. The fourth-order valence-electron chi connectivity index (χ4n) is 3.84. The lowest BCUT2D eigenvalue weighted by molar-refractivity contribution is -0.120. The number of benzene rings is 2. The summed E-state index contributed by atoms with van der Waals surface area (Å²) in [5, 5.41) is 3.14. The summed E-state index contributed by atoms with van der Waals surface area (Å²) in [4.78, 5) is 12.4. The molecule has 4 rings (SSSR count). The van der Waals surface area contributed by atoms with Gasteiger partial charge in [-0.2, -0.15) is 0 Å². The second-order valence-electron chi connectivity index (χ2n) is 7.03. The highest BCUT2D eigenvalue weighted by Gasteiger charge is 2.20. The molecule has 3 nitrogen and oxygen atoms in total. The number of aromatic nitrogens is 1. The van der Waals surface area contributed by atoms with Gasteiger partial charge >= 0.3 is 0 Å². The molecule has 2 aromatic carbocycles. The van der Waals surface area contributed by atoms with E-state index in [0.717, 1.165) is 30.6 Å². The number of rotatable bonds is 5. The third-order valence-corrected chi connectivity index (χ3v) is 5.24. The average Bonchev–Trinajstić information content (AvgIpc) is 3.22. The molecule has 0 saturated carbocycles. The van der Waals surface area contributed by atoms with E-state index in [1.54, 1.807) is 0 Å². The minimum absolute atomic E-state index is 0.0989. The number of hydrogen-bond acceptors (Lipinski definition) is 1. The van der Waals surface area contributed by atoms with Crippen LogP contribution in [-0.2, 0) is 17.6 Å². The number of nitrogens with zero attached hydrogens (tertiary/aromatic N) is 1. The Labute approximate surface area is 154 Å². The van der Waals surface area contributed by atoms with Crippen LogP contribution in [0.15, 0.2) is 73.1 Å². The summed E-state index contributed by atoms with van der Waals surface area (Å²) < 4.78 is 2.06. The minimum atomic E-state index is 0.0989. The van der Waals surface area contributed by atoms with Gasteiger partial charge in [0, 0.05) is 30.5 Å². The van der Waals surface area contributed by atoms with Crippen molar-refractivity contribution >= 4 is 5.91 Å². The predicted molar refractivity (Wildman–Crippen MR) is 105 cm³/mol. The zero-order chi connectivity index (χ0) is 17.8. The lowest BCUT2D eigenvalue weighted by atomic mass is 9.83. The highest BCUT2D eigenvalue weighted by atomic mass is 16.1. The average molecular weight is 344 g/mol. The van der Waals surface area contributed by atoms with Crippen LogP contribution in [0.1, 0.15) is 35.4 Å². The third kappa shape index (κ3) is 3.72. The van der Waals surface area contributed by atoms with E-state index in [-0.39, 0.29) is 5.91 Å². The van der Waals surface area contributed by atoms with Crippen molar-refractivity contribution in [2.45, 2.75) is 31.6 Å². The first-order chi connectivity index (χ1) is 12.8. The molecule has 1 aromatic heterocycles. The number of amides is 1. The Morgan fingerprint density at radius 2 is 1.77 bits per heavy atom. The Bertz CT molecular complexity index is 865. The van der Waals surface area contributed by atoms with Gasteiger partial charge in [0.2, 0.25) is 5.91 Å². The Morgan fingerprint density at radius 3 is 2.58 bits per heavy atom. The molecule has 26 heavy (non-hydrogen) atoms. The van der Waals surface area contributed by atoms with Crippen molar-refractivity contribution in [3.8, 4) is 5.69 Å². The maximum absolute atomic E-state index is 12.4. The van der Waals surface area contributed by atoms with Crippen LogP contribution in [0.2, 0.25) is 0 Å². The van der Waals surface area contributed by atoms with E-state index < -0.39 is 0 Å². The molecular weight excluding hydrogens is 320 g/mol. The topological polar surface area (TPSA) is 34.0 Å². The number of carbonyl (C=O) groups is 1. The summed E-state index contributed by atoms with van der Waals surface area (Å²) in [7, 11) is 0. The van der Waals surface area contributed by atoms with Crippen LogP contribution in [0.25, 0.3) is 5.69 Å². The van der Waals surface area contributed by atoms with Crippen LogP contribution in [0.3, 0.4) is 0 Å². The first-order valence-electron chi connectivity index (χ1n) is 9.36. The van der Waals surface area contributed by atoms with Gasteiger partial charge in [-0.15, -0.1) is 0 Å². The van der Waals surface area contributed by atoms with Crippen molar-refractivity contribution < 1.29 is 4.79 Å². The Hall–Kier alpha value is -2.81. The van der Waals surface area contributed by atoms with E-state index in [9.17, 15) is 4.79 Å². The number of carbonyl (C=O) groups excluding carboxylic acids is 1.